The Hall–Kier alpha value is -4.06. The zero-order chi connectivity index (χ0) is 22.2. The number of anilines is 1. The van der Waals surface area contributed by atoms with Gasteiger partial charge in [0.2, 0.25) is 0 Å². The Bertz CT molecular complexity index is 1370. The van der Waals surface area contributed by atoms with Crippen molar-refractivity contribution in [3.63, 3.8) is 0 Å². The lowest BCUT2D eigenvalue weighted by Crippen LogP contribution is -2.32. The monoisotopic (exact) mass is 427 g/mol. The van der Waals surface area contributed by atoms with Gasteiger partial charge in [-0.25, -0.2) is 9.59 Å². The van der Waals surface area contributed by atoms with Crippen LogP contribution in [0.3, 0.4) is 0 Å². The van der Waals surface area contributed by atoms with Gasteiger partial charge in [0.05, 0.1) is 17.7 Å². The molecule has 4 aromatic rings. The molecule has 2 heterocycles. The number of carbonyl (C=O) groups is 1. The molecule has 160 valence electrons. The molecule has 1 aliphatic heterocycles. The van der Waals surface area contributed by atoms with E-state index in [-0.39, 0.29) is 11.2 Å². The highest BCUT2D eigenvalue weighted by Crippen LogP contribution is 2.35. The second-order valence-corrected chi connectivity index (χ2v) is 7.90. The van der Waals surface area contributed by atoms with Crippen LogP contribution in [0.1, 0.15) is 32.6 Å². The third-order valence-electron chi connectivity index (χ3n) is 5.94. The minimum Gasteiger partial charge on any atom is -0.478 e. The lowest BCUT2D eigenvalue weighted by molar-refractivity contribution is 0.0697. The molecule has 0 aliphatic carbocycles. The molecular formula is C26H21NO5. The normalized spacial score (nSPS) is 13.0. The summed E-state index contributed by atoms with van der Waals surface area (Å²) in [6, 6.07) is 20.4. The van der Waals surface area contributed by atoms with Crippen LogP contribution < -0.4 is 15.3 Å². The van der Waals surface area contributed by atoms with Gasteiger partial charge in [-0.1, -0.05) is 30.3 Å². The Morgan fingerprint density at radius 3 is 2.50 bits per heavy atom. The molecule has 3 aromatic carbocycles. The van der Waals surface area contributed by atoms with Crippen molar-refractivity contribution in [2.24, 2.45) is 0 Å². The SMILES string of the molecule is Cc1c(Cc2ccccc2)c(=O)oc2c3c(ccc12)OCN(c1ccc(C(=O)O)cc1)C3. The number of rotatable bonds is 4. The van der Waals surface area contributed by atoms with Gasteiger partial charge in [0.25, 0.3) is 0 Å². The Morgan fingerprint density at radius 2 is 1.78 bits per heavy atom. The highest BCUT2D eigenvalue weighted by Gasteiger charge is 2.24. The van der Waals surface area contributed by atoms with E-state index in [9.17, 15) is 9.59 Å². The minimum atomic E-state index is -0.966. The maximum atomic E-state index is 12.9. The average Bonchev–Trinajstić information content (AvgIpc) is 2.82. The molecule has 0 saturated carbocycles. The molecule has 1 aliphatic rings. The van der Waals surface area contributed by atoms with E-state index in [1.54, 1.807) is 24.3 Å². The van der Waals surface area contributed by atoms with Crippen LogP contribution >= 0.6 is 0 Å². The van der Waals surface area contributed by atoms with Crippen molar-refractivity contribution in [2.45, 2.75) is 19.9 Å². The second-order valence-electron chi connectivity index (χ2n) is 7.90. The van der Waals surface area contributed by atoms with Gasteiger partial charge in [-0.3, -0.25) is 0 Å². The van der Waals surface area contributed by atoms with E-state index >= 15 is 0 Å². The van der Waals surface area contributed by atoms with E-state index < -0.39 is 5.97 Å². The predicted molar refractivity (Wildman–Crippen MR) is 122 cm³/mol. The van der Waals surface area contributed by atoms with Gasteiger partial charge < -0.3 is 19.2 Å². The van der Waals surface area contributed by atoms with Gasteiger partial charge >= 0.3 is 11.6 Å². The second kappa shape index (κ2) is 7.89. The number of benzene rings is 3. The number of fused-ring (bicyclic) bond motifs is 3. The van der Waals surface area contributed by atoms with Gasteiger partial charge in [0, 0.05) is 23.1 Å². The van der Waals surface area contributed by atoms with E-state index in [1.165, 1.54) is 0 Å². The van der Waals surface area contributed by atoms with Crippen LogP contribution in [-0.2, 0) is 13.0 Å². The number of ether oxygens (including phenoxy) is 1. The molecule has 0 saturated heterocycles. The first kappa shape index (κ1) is 19.9. The third-order valence-corrected chi connectivity index (χ3v) is 5.94. The number of carboxylic acids is 1. The summed E-state index contributed by atoms with van der Waals surface area (Å²) >= 11 is 0. The van der Waals surface area contributed by atoms with E-state index in [4.69, 9.17) is 14.3 Å². The third kappa shape index (κ3) is 3.50. The maximum Gasteiger partial charge on any atom is 0.340 e. The zero-order valence-corrected chi connectivity index (χ0v) is 17.5. The molecule has 0 radical (unpaired) electrons. The summed E-state index contributed by atoms with van der Waals surface area (Å²) in [5.41, 5.74) is 4.68. The first-order chi connectivity index (χ1) is 15.5. The van der Waals surface area contributed by atoms with Gasteiger partial charge in [-0.05, 0) is 54.4 Å². The van der Waals surface area contributed by atoms with Gasteiger partial charge in [-0.15, -0.1) is 0 Å². The molecule has 0 atom stereocenters. The minimum absolute atomic E-state index is 0.227. The Morgan fingerprint density at radius 1 is 1.03 bits per heavy atom. The van der Waals surface area contributed by atoms with Crippen molar-refractivity contribution in [1.82, 2.24) is 0 Å². The molecular weight excluding hydrogens is 406 g/mol. The van der Waals surface area contributed by atoms with Crippen LogP contribution in [0.2, 0.25) is 0 Å². The first-order valence-corrected chi connectivity index (χ1v) is 10.3. The smallest absolute Gasteiger partial charge is 0.340 e. The molecule has 5 rings (SSSR count). The molecule has 0 bridgehead atoms. The van der Waals surface area contributed by atoms with Crippen LogP contribution in [0.4, 0.5) is 5.69 Å². The van der Waals surface area contributed by atoms with Gasteiger partial charge in [0.1, 0.15) is 11.3 Å². The summed E-state index contributed by atoms with van der Waals surface area (Å²) in [7, 11) is 0. The van der Waals surface area contributed by atoms with Crippen LogP contribution in [0.5, 0.6) is 5.75 Å². The zero-order valence-electron chi connectivity index (χ0n) is 17.5. The van der Waals surface area contributed by atoms with Crippen LogP contribution in [0.25, 0.3) is 11.0 Å². The Balaban J connectivity index is 1.53. The number of aromatic carboxylic acids is 1. The standard InChI is InChI=1S/C26H21NO5/c1-16-20-11-12-23-22(14-27(15-31-23)19-9-7-18(8-10-19)25(28)29)24(20)32-26(30)21(16)13-17-5-3-2-4-6-17/h2-12H,13-15H2,1H3,(H,28,29). The van der Waals surface area contributed by atoms with E-state index in [1.807, 2.05) is 54.3 Å². The highest BCUT2D eigenvalue weighted by atomic mass is 16.5. The molecule has 32 heavy (non-hydrogen) atoms. The first-order valence-electron chi connectivity index (χ1n) is 10.3. The average molecular weight is 427 g/mol. The number of aryl methyl sites for hydroxylation is 1. The van der Waals surface area contributed by atoms with E-state index in [0.717, 1.165) is 27.8 Å². The van der Waals surface area contributed by atoms with Crippen molar-refractivity contribution in [2.75, 3.05) is 11.6 Å². The van der Waals surface area contributed by atoms with Crippen LogP contribution in [0, 0.1) is 6.92 Å². The highest BCUT2D eigenvalue weighted by molar-refractivity contribution is 5.88. The summed E-state index contributed by atoms with van der Waals surface area (Å²) in [5, 5.41) is 10.0. The van der Waals surface area contributed by atoms with Crippen molar-refractivity contribution in [1.29, 1.82) is 0 Å². The summed E-state index contributed by atoms with van der Waals surface area (Å²) in [6.45, 7) is 2.76. The van der Waals surface area contributed by atoms with E-state index in [2.05, 4.69) is 0 Å². The van der Waals surface area contributed by atoms with Crippen LogP contribution in [0.15, 0.2) is 75.9 Å². The quantitative estimate of drug-likeness (QED) is 0.474. The molecule has 6 heteroatoms. The fourth-order valence-corrected chi connectivity index (χ4v) is 4.15. The van der Waals surface area contributed by atoms with Crippen molar-refractivity contribution < 1.29 is 19.1 Å². The van der Waals surface area contributed by atoms with Gasteiger partial charge in [-0.2, -0.15) is 0 Å². The number of carboxylic acid groups (broad SMARTS) is 1. The van der Waals surface area contributed by atoms with Crippen molar-refractivity contribution in [3.8, 4) is 5.75 Å². The van der Waals surface area contributed by atoms with Gasteiger partial charge in [0.15, 0.2) is 6.73 Å². The molecule has 0 spiro atoms. The molecule has 1 N–H and O–H groups in total. The summed E-state index contributed by atoms with van der Waals surface area (Å²) in [5.74, 6) is -0.277. The van der Waals surface area contributed by atoms with Crippen LogP contribution in [-0.4, -0.2) is 17.8 Å². The van der Waals surface area contributed by atoms with Crippen molar-refractivity contribution in [3.05, 3.63) is 105 Å². The lowest BCUT2D eigenvalue weighted by atomic mass is 9.97. The predicted octanol–water partition coefficient (Wildman–Crippen LogP) is 4.75. The number of nitrogens with zero attached hydrogens (tertiary/aromatic N) is 1. The largest absolute Gasteiger partial charge is 0.478 e. The van der Waals surface area contributed by atoms with Crippen molar-refractivity contribution >= 4 is 22.6 Å². The number of hydrogen-bond donors (Lipinski definition) is 1. The molecule has 6 nitrogen and oxygen atoms in total. The topological polar surface area (TPSA) is 80.0 Å². The Labute approximate surface area is 184 Å². The molecule has 0 fully saturated rings. The summed E-state index contributed by atoms with van der Waals surface area (Å²) < 4.78 is 11.8. The molecule has 0 unspecified atom stereocenters. The maximum absolute atomic E-state index is 12.9. The fourth-order valence-electron chi connectivity index (χ4n) is 4.15. The Kier molecular flexibility index (Phi) is 4.90. The molecule has 1 aromatic heterocycles. The summed E-state index contributed by atoms with van der Waals surface area (Å²) in [6.07, 6.45) is 0.514. The number of hydrogen-bond acceptors (Lipinski definition) is 5. The fraction of sp³-hybridized carbons (Fsp3) is 0.154. The van der Waals surface area contributed by atoms with E-state index in [0.29, 0.717) is 36.6 Å². The summed E-state index contributed by atoms with van der Waals surface area (Å²) in [4.78, 5) is 26.0. The molecule has 0 amide bonds. The lowest BCUT2D eigenvalue weighted by Gasteiger charge is -2.31.